The van der Waals surface area contributed by atoms with E-state index >= 15 is 0 Å². The number of carbonyl (C=O) groups is 2. The predicted octanol–water partition coefficient (Wildman–Crippen LogP) is 1.83. The number of β-lactam (4-membered cyclic amide) rings is 1. The number of nitrogens with zero attached hydrogens (tertiary/aromatic N) is 1. The standard InChI is InChI=1S/C14H12Cl2N2O5S/c1-3-6(4-2-5(15)10(19)11(20)7(4)16)9(14(22)23)18-12(21)8(17)13(18)24-3/h2-3,8,13,19-20H,17H2,1H3,(H,22,23)/t3?,8?,13-/m1/s1. The lowest BCUT2D eigenvalue weighted by atomic mass is 9.95. The van der Waals surface area contributed by atoms with Crippen molar-refractivity contribution in [2.45, 2.75) is 23.6 Å². The first kappa shape index (κ1) is 17.2. The van der Waals surface area contributed by atoms with E-state index in [9.17, 15) is 24.9 Å². The number of aliphatic carboxylic acids is 1. The first-order chi connectivity index (χ1) is 11.2. The number of hydrogen-bond acceptors (Lipinski definition) is 6. The van der Waals surface area contributed by atoms with Crippen LogP contribution in [0.1, 0.15) is 12.5 Å². The summed E-state index contributed by atoms with van der Waals surface area (Å²) in [6, 6.07) is 0.499. The molecule has 0 spiro atoms. The van der Waals surface area contributed by atoms with Gasteiger partial charge in [0.25, 0.3) is 0 Å². The Balaban J connectivity index is 2.28. The molecule has 128 valence electrons. The summed E-state index contributed by atoms with van der Waals surface area (Å²) < 4.78 is 0. The van der Waals surface area contributed by atoms with Crippen molar-refractivity contribution in [1.82, 2.24) is 4.90 Å². The van der Waals surface area contributed by atoms with Crippen molar-refractivity contribution in [3.05, 3.63) is 27.4 Å². The van der Waals surface area contributed by atoms with Gasteiger partial charge in [0, 0.05) is 16.4 Å². The number of thioether (sulfide) groups is 1. The van der Waals surface area contributed by atoms with Gasteiger partial charge in [-0.25, -0.2) is 4.79 Å². The number of nitrogens with two attached hydrogens (primary N) is 1. The van der Waals surface area contributed by atoms with Crippen molar-refractivity contribution in [3.8, 4) is 11.5 Å². The summed E-state index contributed by atoms with van der Waals surface area (Å²) >= 11 is 13.3. The van der Waals surface area contributed by atoms with Gasteiger partial charge in [0.2, 0.25) is 5.91 Å². The minimum atomic E-state index is -1.32. The van der Waals surface area contributed by atoms with Gasteiger partial charge in [-0.15, -0.1) is 11.8 Å². The Morgan fingerprint density at radius 2 is 1.96 bits per heavy atom. The number of carboxylic acid groups (broad SMARTS) is 1. The molecule has 1 aromatic carbocycles. The van der Waals surface area contributed by atoms with Crippen LogP contribution in [0.25, 0.3) is 5.57 Å². The fourth-order valence-electron chi connectivity index (χ4n) is 2.83. The molecule has 2 heterocycles. The molecule has 2 unspecified atom stereocenters. The lowest BCUT2D eigenvalue weighted by Crippen LogP contribution is -2.68. The maximum absolute atomic E-state index is 12.0. The molecule has 0 radical (unpaired) electrons. The predicted molar refractivity (Wildman–Crippen MR) is 90.0 cm³/mol. The van der Waals surface area contributed by atoms with E-state index in [0.717, 1.165) is 4.90 Å². The number of rotatable bonds is 2. The molecular weight excluding hydrogens is 379 g/mol. The molecule has 1 fully saturated rings. The molecule has 2 aliphatic rings. The summed E-state index contributed by atoms with van der Waals surface area (Å²) in [7, 11) is 0. The Bertz CT molecular complexity index is 813. The van der Waals surface area contributed by atoms with Gasteiger partial charge in [-0.1, -0.05) is 23.2 Å². The van der Waals surface area contributed by atoms with Crippen LogP contribution in [0, 0.1) is 0 Å². The number of phenols is 2. The fraction of sp³-hybridized carbons (Fsp3) is 0.286. The SMILES string of the molecule is CC1S[C@@H]2C(N)C(=O)N2C(C(=O)O)=C1c1cc(Cl)c(O)c(O)c1Cl. The number of aromatic hydroxyl groups is 2. The van der Waals surface area contributed by atoms with Crippen LogP contribution >= 0.6 is 35.0 Å². The Kier molecular flexibility index (Phi) is 4.11. The second kappa shape index (κ2) is 5.73. The van der Waals surface area contributed by atoms with Gasteiger partial charge in [0.05, 0.1) is 10.0 Å². The van der Waals surface area contributed by atoms with Gasteiger partial charge in [0.15, 0.2) is 11.5 Å². The average molecular weight is 391 g/mol. The summed E-state index contributed by atoms with van der Waals surface area (Å²) in [4.78, 5) is 24.9. The molecule has 1 saturated heterocycles. The molecular formula is C14H12Cl2N2O5S. The molecule has 1 amide bonds. The number of amides is 1. The zero-order valence-corrected chi connectivity index (χ0v) is 14.5. The molecule has 0 bridgehead atoms. The van der Waals surface area contributed by atoms with E-state index in [0.29, 0.717) is 0 Å². The van der Waals surface area contributed by atoms with Gasteiger partial charge < -0.3 is 21.1 Å². The van der Waals surface area contributed by atoms with Crippen LogP contribution in [0.4, 0.5) is 0 Å². The van der Waals surface area contributed by atoms with Crippen molar-refractivity contribution in [2.75, 3.05) is 0 Å². The van der Waals surface area contributed by atoms with Crippen LogP contribution < -0.4 is 5.73 Å². The molecule has 3 atom stereocenters. The number of carbonyl (C=O) groups excluding carboxylic acids is 1. The molecule has 0 saturated carbocycles. The summed E-state index contributed by atoms with van der Waals surface area (Å²) in [5, 5.41) is 27.9. The quantitative estimate of drug-likeness (QED) is 0.448. The first-order valence-electron chi connectivity index (χ1n) is 6.78. The van der Waals surface area contributed by atoms with Gasteiger partial charge in [-0.05, 0) is 13.0 Å². The highest BCUT2D eigenvalue weighted by molar-refractivity contribution is 8.01. The third kappa shape index (κ3) is 2.25. The second-order valence-electron chi connectivity index (χ2n) is 5.39. The molecule has 3 rings (SSSR count). The second-order valence-corrected chi connectivity index (χ2v) is 7.63. The molecule has 0 aliphatic carbocycles. The number of fused-ring (bicyclic) bond motifs is 1. The number of phenolic OH excluding ortho intramolecular Hbond substituents is 2. The Labute approximate surface area is 150 Å². The smallest absolute Gasteiger partial charge is 0.352 e. The van der Waals surface area contributed by atoms with E-state index in [1.807, 2.05) is 0 Å². The van der Waals surface area contributed by atoms with E-state index in [2.05, 4.69) is 0 Å². The van der Waals surface area contributed by atoms with Crippen molar-refractivity contribution in [3.63, 3.8) is 0 Å². The zero-order chi connectivity index (χ0) is 17.9. The van der Waals surface area contributed by atoms with Crippen LogP contribution in [-0.4, -0.2) is 48.8 Å². The van der Waals surface area contributed by atoms with E-state index in [4.69, 9.17) is 28.9 Å². The normalized spacial score (nSPS) is 26.2. The summed E-state index contributed by atoms with van der Waals surface area (Å²) in [5.74, 6) is -3.07. The third-order valence-corrected chi connectivity index (χ3v) is 6.09. The molecule has 5 N–H and O–H groups in total. The van der Waals surface area contributed by atoms with Gasteiger partial charge in [-0.3, -0.25) is 9.69 Å². The summed E-state index contributed by atoms with van der Waals surface area (Å²) in [5.41, 5.74) is 5.85. The highest BCUT2D eigenvalue weighted by Gasteiger charge is 2.53. The van der Waals surface area contributed by atoms with E-state index in [1.165, 1.54) is 17.8 Å². The monoisotopic (exact) mass is 390 g/mol. The van der Waals surface area contributed by atoms with Crippen molar-refractivity contribution in [1.29, 1.82) is 0 Å². The number of hydrogen-bond donors (Lipinski definition) is 4. The lowest BCUT2D eigenvalue weighted by Gasteiger charge is -2.49. The van der Waals surface area contributed by atoms with Crippen molar-refractivity contribution in [2.24, 2.45) is 5.73 Å². The topological polar surface area (TPSA) is 124 Å². The molecule has 10 heteroatoms. The maximum Gasteiger partial charge on any atom is 0.352 e. The molecule has 0 aromatic heterocycles. The Morgan fingerprint density at radius 1 is 1.33 bits per heavy atom. The third-order valence-electron chi connectivity index (χ3n) is 3.99. The number of benzene rings is 1. The molecule has 1 aromatic rings. The van der Waals surface area contributed by atoms with Gasteiger partial charge in [0.1, 0.15) is 17.1 Å². The lowest BCUT2D eigenvalue weighted by molar-refractivity contribution is -0.147. The average Bonchev–Trinajstić information content (AvgIpc) is 2.54. The summed E-state index contributed by atoms with van der Waals surface area (Å²) in [6.07, 6.45) is 0. The minimum Gasteiger partial charge on any atom is -0.503 e. The maximum atomic E-state index is 12.0. The van der Waals surface area contributed by atoms with Crippen LogP contribution in [0.15, 0.2) is 11.8 Å². The Hall–Kier alpha value is -1.61. The van der Waals surface area contributed by atoms with E-state index in [1.54, 1.807) is 6.92 Å². The summed E-state index contributed by atoms with van der Waals surface area (Å²) in [6.45, 7) is 1.74. The van der Waals surface area contributed by atoms with E-state index < -0.39 is 34.8 Å². The highest BCUT2D eigenvalue weighted by atomic mass is 35.5. The van der Waals surface area contributed by atoms with E-state index in [-0.39, 0.29) is 32.1 Å². The van der Waals surface area contributed by atoms with Crippen LogP contribution in [0.5, 0.6) is 11.5 Å². The largest absolute Gasteiger partial charge is 0.503 e. The minimum absolute atomic E-state index is 0.140. The Morgan fingerprint density at radius 3 is 2.54 bits per heavy atom. The van der Waals surface area contributed by atoms with Crippen molar-refractivity contribution < 1.29 is 24.9 Å². The fourth-order valence-corrected chi connectivity index (χ4v) is 4.69. The zero-order valence-electron chi connectivity index (χ0n) is 12.2. The van der Waals surface area contributed by atoms with Gasteiger partial charge in [-0.2, -0.15) is 0 Å². The number of carboxylic acids is 1. The van der Waals surface area contributed by atoms with Crippen LogP contribution in [-0.2, 0) is 9.59 Å². The van der Waals surface area contributed by atoms with Crippen molar-refractivity contribution >= 4 is 52.4 Å². The first-order valence-corrected chi connectivity index (χ1v) is 8.48. The van der Waals surface area contributed by atoms with Crippen LogP contribution in [0.3, 0.4) is 0 Å². The van der Waals surface area contributed by atoms with Gasteiger partial charge >= 0.3 is 5.97 Å². The number of halogens is 2. The molecule has 24 heavy (non-hydrogen) atoms. The molecule has 2 aliphatic heterocycles. The molecule has 7 nitrogen and oxygen atoms in total. The van der Waals surface area contributed by atoms with Crippen LogP contribution in [0.2, 0.25) is 10.0 Å². The highest BCUT2D eigenvalue weighted by Crippen LogP contribution is 2.51.